The second-order valence-corrected chi connectivity index (χ2v) is 5.41. The van der Waals surface area contributed by atoms with Crippen molar-refractivity contribution in [1.29, 1.82) is 0 Å². The average Bonchev–Trinajstić information content (AvgIpc) is 2.88. The van der Waals surface area contributed by atoms with Crippen LogP contribution in [0.2, 0.25) is 0 Å². The lowest BCUT2D eigenvalue weighted by atomic mass is 9.72. The maximum atomic E-state index is 12.4. The second-order valence-electron chi connectivity index (χ2n) is 5.41. The molecule has 5 nitrogen and oxygen atoms in total. The molecular formula is C15H26O5. The summed E-state index contributed by atoms with van der Waals surface area (Å²) in [4.78, 5) is 24.9. The van der Waals surface area contributed by atoms with Crippen molar-refractivity contribution in [3.05, 3.63) is 0 Å². The van der Waals surface area contributed by atoms with Gasteiger partial charge in [-0.2, -0.15) is 0 Å². The molecule has 1 aliphatic heterocycles. The normalized spacial score (nSPS) is 19.1. The highest BCUT2D eigenvalue weighted by molar-refractivity contribution is 6.00. The summed E-state index contributed by atoms with van der Waals surface area (Å²) in [7, 11) is 0. The molecular weight excluding hydrogens is 260 g/mol. The predicted octanol–water partition coefficient (Wildman–Crippen LogP) is 2.32. The van der Waals surface area contributed by atoms with Crippen LogP contribution < -0.4 is 0 Å². The molecule has 0 radical (unpaired) electrons. The summed E-state index contributed by atoms with van der Waals surface area (Å²) in [5.74, 6) is -1.20. The smallest absolute Gasteiger partial charge is 0.323 e. The van der Waals surface area contributed by atoms with Gasteiger partial charge in [-0.25, -0.2) is 0 Å². The molecule has 0 aliphatic carbocycles. The van der Waals surface area contributed by atoms with Crippen molar-refractivity contribution in [3.8, 4) is 0 Å². The first-order valence-corrected chi connectivity index (χ1v) is 7.45. The molecule has 1 atom stereocenters. The van der Waals surface area contributed by atoms with Gasteiger partial charge in [0.2, 0.25) is 0 Å². The van der Waals surface area contributed by atoms with Crippen LogP contribution in [0.1, 0.15) is 47.0 Å². The van der Waals surface area contributed by atoms with Gasteiger partial charge in [0.1, 0.15) is 0 Å². The van der Waals surface area contributed by atoms with Crippen LogP contribution in [0.4, 0.5) is 0 Å². The highest BCUT2D eigenvalue weighted by atomic mass is 16.6. The molecule has 0 bridgehead atoms. The number of carbonyl (C=O) groups is 2. The Morgan fingerprint density at radius 3 is 2.10 bits per heavy atom. The summed E-state index contributed by atoms with van der Waals surface area (Å²) in [5, 5.41) is 0. The van der Waals surface area contributed by atoms with E-state index >= 15 is 0 Å². The largest absolute Gasteiger partial charge is 0.465 e. The van der Waals surface area contributed by atoms with E-state index in [0.29, 0.717) is 13.0 Å². The molecule has 116 valence electrons. The van der Waals surface area contributed by atoms with E-state index in [1.165, 1.54) is 0 Å². The SMILES string of the molecule is CCOC(=O)C(CC1CCCO1)(C(=O)OCC)C(C)C. The zero-order valence-corrected chi connectivity index (χ0v) is 12.9. The maximum absolute atomic E-state index is 12.4. The molecule has 0 aromatic carbocycles. The topological polar surface area (TPSA) is 61.8 Å². The van der Waals surface area contributed by atoms with E-state index in [4.69, 9.17) is 14.2 Å². The summed E-state index contributed by atoms with van der Waals surface area (Å²) in [6, 6.07) is 0. The Bertz CT molecular complexity index is 313. The molecule has 1 aliphatic rings. The lowest BCUT2D eigenvalue weighted by Crippen LogP contribution is -2.48. The molecule has 1 heterocycles. The molecule has 1 saturated heterocycles. The van der Waals surface area contributed by atoms with Crippen molar-refractivity contribution in [2.24, 2.45) is 11.3 Å². The Balaban J connectivity index is 3.03. The van der Waals surface area contributed by atoms with Crippen molar-refractivity contribution < 1.29 is 23.8 Å². The van der Waals surface area contributed by atoms with Crippen molar-refractivity contribution in [3.63, 3.8) is 0 Å². The van der Waals surface area contributed by atoms with Gasteiger partial charge in [-0.05, 0) is 32.6 Å². The van der Waals surface area contributed by atoms with Crippen LogP contribution in [0.5, 0.6) is 0 Å². The molecule has 0 spiro atoms. The molecule has 0 N–H and O–H groups in total. The Hall–Kier alpha value is -1.10. The van der Waals surface area contributed by atoms with Crippen LogP contribution in [-0.2, 0) is 23.8 Å². The van der Waals surface area contributed by atoms with E-state index in [1.54, 1.807) is 13.8 Å². The van der Waals surface area contributed by atoms with E-state index < -0.39 is 17.4 Å². The van der Waals surface area contributed by atoms with Gasteiger partial charge in [0, 0.05) is 13.0 Å². The van der Waals surface area contributed by atoms with Gasteiger partial charge < -0.3 is 14.2 Å². The van der Waals surface area contributed by atoms with E-state index in [2.05, 4.69) is 0 Å². The molecule has 0 amide bonds. The Labute approximate surface area is 121 Å². The summed E-state index contributed by atoms with van der Waals surface area (Å²) in [6.45, 7) is 8.35. The van der Waals surface area contributed by atoms with Crippen molar-refractivity contribution in [2.45, 2.75) is 53.1 Å². The summed E-state index contributed by atoms with van der Waals surface area (Å²) in [5.41, 5.74) is -1.26. The minimum atomic E-state index is -1.26. The molecule has 1 fully saturated rings. The lowest BCUT2D eigenvalue weighted by molar-refractivity contribution is -0.179. The van der Waals surface area contributed by atoms with E-state index in [0.717, 1.165) is 12.8 Å². The molecule has 0 aromatic rings. The lowest BCUT2D eigenvalue weighted by Gasteiger charge is -2.34. The van der Waals surface area contributed by atoms with Gasteiger partial charge in [-0.1, -0.05) is 13.8 Å². The fourth-order valence-electron chi connectivity index (χ4n) is 2.64. The quantitative estimate of drug-likeness (QED) is 0.531. The third-order valence-corrected chi connectivity index (χ3v) is 3.84. The molecule has 20 heavy (non-hydrogen) atoms. The van der Waals surface area contributed by atoms with E-state index in [9.17, 15) is 9.59 Å². The number of hydrogen-bond acceptors (Lipinski definition) is 5. The number of carbonyl (C=O) groups excluding carboxylic acids is 2. The minimum absolute atomic E-state index is 0.0776. The standard InChI is InChI=1S/C15H26O5/c1-5-18-13(16)15(11(3)4,14(17)19-6-2)10-12-8-7-9-20-12/h11-12H,5-10H2,1-4H3. The van der Waals surface area contributed by atoms with Crippen LogP contribution in [0.15, 0.2) is 0 Å². The van der Waals surface area contributed by atoms with Gasteiger partial charge in [-0.15, -0.1) is 0 Å². The molecule has 1 rings (SSSR count). The van der Waals surface area contributed by atoms with Crippen molar-refractivity contribution in [1.82, 2.24) is 0 Å². The average molecular weight is 286 g/mol. The Morgan fingerprint density at radius 1 is 1.20 bits per heavy atom. The summed E-state index contributed by atoms with van der Waals surface area (Å²) >= 11 is 0. The molecule has 1 unspecified atom stereocenters. The highest BCUT2D eigenvalue weighted by Gasteiger charge is 2.53. The first kappa shape index (κ1) is 17.0. The fourth-order valence-corrected chi connectivity index (χ4v) is 2.64. The Kier molecular flexibility index (Phi) is 6.46. The number of hydrogen-bond donors (Lipinski definition) is 0. The van der Waals surface area contributed by atoms with E-state index in [-0.39, 0.29) is 25.2 Å². The second kappa shape index (κ2) is 7.62. The van der Waals surface area contributed by atoms with Gasteiger partial charge in [0.25, 0.3) is 0 Å². The monoisotopic (exact) mass is 286 g/mol. The highest BCUT2D eigenvalue weighted by Crippen LogP contribution is 2.39. The number of ether oxygens (including phenoxy) is 3. The fraction of sp³-hybridized carbons (Fsp3) is 0.867. The molecule has 5 heteroatoms. The third kappa shape index (κ3) is 3.51. The van der Waals surface area contributed by atoms with Crippen LogP contribution >= 0.6 is 0 Å². The molecule has 0 aromatic heterocycles. The van der Waals surface area contributed by atoms with Crippen molar-refractivity contribution >= 4 is 11.9 Å². The Morgan fingerprint density at radius 2 is 1.75 bits per heavy atom. The van der Waals surface area contributed by atoms with Crippen LogP contribution in [0.3, 0.4) is 0 Å². The van der Waals surface area contributed by atoms with Gasteiger partial charge >= 0.3 is 11.9 Å². The minimum Gasteiger partial charge on any atom is -0.465 e. The van der Waals surface area contributed by atoms with Crippen LogP contribution in [0, 0.1) is 11.3 Å². The first-order valence-electron chi connectivity index (χ1n) is 7.45. The number of esters is 2. The zero-order valence-electron chi connectivity index (χ0n) is 12.9. The number of rotatable bonds is 7. The summed E-state index contributed by atoms with van der Waals surface area (Å²) in [6.07, 6.45) is 2.09. The third-order valence-electron chi connectivity index (χ3n) is 3.84. The van der Waals surface area contributed by atoms with Crippen molar-refractivity contribution in [2.75, 3.05) is 19.8 Å². The van der Waals surface area contributed by atoms with Crippen LogP contribution in [0.25, 0.3) is 0 Å². The predicted molar refractivity (Wildman–Crippen MR) is 74.1 cm³/mol. The zero-order chi connectivity index (χ0) is 15.2. The van der Waals surface area contributed by atoms with Gasteiger partial charge in [0.05, 0.1) is 19.3 Å². The van der Waals surface area contributed by atoms with Gasteiger partial charge in [0.15, 0.2) is 5.41 Å². The van der Waals surface area contributed by atoms with Gasteiger partial charge in [-0.3, -0.25) is 9.59 Å². The molecule has 0 saturated carbocycles. The van der Waals surface area contributed by atoms with E-state index in [1.807, 2.05) is 13.8 Å². The van der Waals surface area contributed by atoms with Crippen LogP contribution in [-0.4, -0.2) is 37.9 Å². The summed E-state index contributed by atoms with van der Waals surface area (Å²) < 4.78 is 15.9. The first-order chi connectivity index (χ1) is 9.48. The maximum Gasteiger partial charge on any atom is 0.323 e.